The van der Waals surface area contributed by atoms with E-state index in [-0.39, 0.29) is 23.7 Å². The van der Waals surface area contributed by atoms with Crippen molar-refractivity contribution < 1.29 is 23.9 Å². The standard InChI is InChI=1S/C18H15FN2O2.C3H9NO2/c1-10-2-3-15(14(19)6-10)20-16-8-12-13(7-11(16)9-22)18(4-5-18)21-17(12)23;1-4-6-3-2-5/h2-3,6-9,20H,4-5H2,1H3,(H,21,23);4-5H,2-3H2,1H3. The molecule has 4 N–H and O–H groups in total. The third kappa shape index (κ3) is 4.45. The average molecular weight is 401 g/mol. The Morgan fingerprint density at radius 2 is 2.03 bits per heavy atom. The summed E-state index contributed by atoms with van der Waals surface area (Å²) in [4.78, 5) is 28.0. The van der Waals surface area contributed by atoms with Gasteiger partial charge in [-0.3, -0.25) is 14.4 Å². The molecule has 29 heavy (non-hydrogen) atoms. The third-order valence-electron chi connectivity index (χ3n) is 4.91. The number of hydrogen-bond acceptors (Lipinski definition) is 6. The maximum absolute atomic E-state index is 14.0. The Morgan fingerprint density at radius 3 is 2.59 bits per heavy atom. The first-order valence-electron chi connectivity index (χ1n) is 9.33. The van der Waals surface area contributed by atoms with E-state index in [0.29, 0.717) is 23.4 Å². The van der Waals surface area contributed by atoms with Crippen molar-refractivity contribution in [3.05, 3.63) is 58.4 Å². The molecule has 1 fully saturated rings. The number of amides is 1. The van der Waals surface area contributed by atoms with Crippen molar-refractivity contribution in [2.24, 2.45) is 0 Å². The quantitative estimate of drug-likeness (QED) is 0.337. The molecule has 2 aliphatic rings. The number of aliphatic hydroxyl groups excluding tert-OH is 1. The maximum atomic E-state index is 14.0. The number of hydroxylamine groups is 1. The van der Waals surface area contributed by atoms with Crippen molar-refractivity contribution in [3.63, 3.8) is 0 Å². The predicted molar refractivity (Wildman–Crippen MR) is 107 cm³/mol. The van der Waals surface area contributed by atoms with Gasteiger partial charge in [0.1, 0.15) is 5.82 Å². The molecule has 0 bridgehead atoms. The topological polar surface area (TPSA) is 99.7 Å². The summed E-state index contributed by atoms with van der Waals surface area (Å²) < 4.78 is 14.0. The molecule has 1 saturated carbocycles. The molecule has 0 unspecified atom stereocenters. The molecule has 0 radical (unpaired) electrons. The fraction of sp³-hybridized carbons (Fsp3) is 0.333. The SMILES string of the molecule is CNOCCO.Cc1ccc(Nc2cc3c(cc2C=O)C2(CC2)NC3=O)c(F)c1. The van der Waals surface area contributed by atoms with Gasteiger partial charge in [-0.2, -0.15) is 0 Å². The first kappa shape index (κ1) is 20.9. The molecular formula is C21H24FN3O4. The number of anilines is 2. The highest BCUT2D eigenvalue weighted by atomic mass is 19.1. The van der Waals surface area contributed by atoms with E-state index in [1.807, 2.05) is 0 Å². The van der Waals surface area contributed by atoms with Crippen molar-refractivity contribution in [2.75, 3.05) is 25.6 Å². The Labute approximate surface area is 168 Å². The van der Waals surface area contributed by atoms with Crippen LogP contribution in [0, 0.1) is 12.7 Å². The molecule has 0 atom stereocenters. The lowest BCUT2D eigenvalue weighted by Gasteiger charge is -2.13. The lowest BCUT2D eigenvalue weighted by molar-refractivity contribution is 0.0314. The molecule has 1 aliphatic heterocycles. The molecule has 1 amide bonds. The summed E-state index contributed by atoms with van der Waals surface area (Å²) in [6, 6.07) is 8.20. The van der Waals surface area contributed by atoms with Gasteiger partial charge in [0.15, 0.2) is 6.29 Å². The maximum Gasteiger partial charge on any atom is 0.252 e. The van der Waals surface area contributed by atoms with E-state index in [2.05, 4.69) is 21.0 Å². The Hall–Kier alpha value is -2.81. The first-order chi connectivity index (χ1) is 13.9. The molecule has 7 nitrogen and oxygen atoms in total. The highest BCUT2D eigenvalue weighted by Crippen LogP contribution is 2.51. The number of rotatable bonds is 6. The van der Waals surface area contributed by atoms with E-state index in [1.165, 1.54) is 6.07 Å². The first-order valence-corrected chi connectivity index (χ1v) is 9.33. The average Bonchev–Trinajstić information content (AvgIpc) is 3.43. The number of aldehydes is 1. The third-order valence-corrected chi connectivity index (χ3v) is 4.91. The lowest BCUT2D eigenvalue weighted by atomic mass is 9.98. The van der Waals surface area contributed by atoms with Crippen LogP contribution in [0.3, 0.4) is 0 Å². The van der Waals surface area contributed by atoms with Gasteiger partial charge in [-0.1, -0.05) is 6.07 Å². The van der Waals surface area contributed by atoms with E-state index < -0.39 is 5.82 Å². The number of aliphatic hydroxyl groups is 1. The van der Waals surface area contributed by atoms with Crippen molar-refractivity contribution >= 4 is 23.6 Å². The van der Waals surface area contributed by atoms with Crippen LogP contribution in [0.1, 0.15) is 44.7 Å². The molecule has 2 aromatic rings. The highest BCUT2D eigenvalue weighted by molar-refractivity contribution is 6.03. The lowest BCUT2D eigenvalue weighted by Crippen LogP contribution is -2.25. The van der Waals surface area contributed by atoms with Crippen LogP contribution in [0.25, 0.3) is 0 Å². The molecule has 1 heterocycles. The minimum atomic E-state index is -0.398. The summed E-state index contributed by atoms with van der Waals surface area (Å²) in [6.45, 7) is 2.23. The van der Waals surface area contributed by atoms with Crippen LogP contribution in [0.2, 0.25) is 0 Å². The van der Waals surface area contributed by atoms with E-state index in [1.54, 1.807) is 38.2 Å². The Kier molecular flexibility index (Phi) is 6.26. The van der Waals surface area contributed by atoms with E-state index in [9.17, 15) is 14.0 Å². The van der Waals surface area contributed by atoms with Gasteiger partial charge < -0.3 is 15.7 Å². The number of fused-ring (bicyclic) bond motifs is 2. The Morgan fingerprint density at radius 1 is 1.28 bits per heavy atom. The molecule has 8 heteroatoms. The zero-order chi connectivity index (χ0) is 21.0. The fourth-order valence-electron chi connectivity index (χ4n) is 3.29. The van der Waals surface area contributed by atoms with Crippen LogP contribution in [-0.2, 0) is 10.4 Å². The Balaban J connectivity index is 0.000000353. The second-order valence-corrected chi connectivity index (χ2v) is 7.02. The van der Waals surface area contributed by atoms with Crippen molar-refractivity contribution in [1.29, 1.82) is 0 Å². The molecule has 154 valence electrons. The van der Waals surface area contributed by atoms with Crippen molar-refractivity contribution in [2.45, 2.75) is 25.3 Å². The van der Waals surface area contributed by atoms with Crippen LogP contribution in [0.5, 0.6) is 0 Å². The monoisotopic (exact) mass is 401 g/mol. The number of halogens is 1. The number of nitrogens with one attached hydrogen (secondary N) is 3. The van der Waals surface area contributed by atoms with E-state index >= 15 is 0 Å². The van der Waals surface area contributed by atoms with Gasteiger partial charge in [-0.25, -0.2) is 9.87 Å². The van der Waals surface area contributed by atoms with Crippen molar-refractivity contribution in [3.8, 4) is 0 Å². The van der Waals surface area contributed by atoms with Gasteiger partial charge in [0.05, 0.1) is 24.4 Å². The van der Waals surface area contributed by atoms with E-state index in [0.717, 1.165) is 30.3 Å². The normalized spacial score (nSPS) is 15.2. The summed E-state index contributed by atoms with van der Waals surface area (Å²) in [7, 11) is 1.65. The molecule has 4 rings (SSSR count). The minimum Gasteiger partial charge on any atom is -0.394 e. The second kappa shape index (κ2) is 8.69. The molecule has 1 aliphatic carbocycles. The molecular weight excluding hydrogens is 377 g/mol. The molecule has 2 aromatic carbocycles. The van der Waals surface area contributed by atoms with Crippen LogP contribution in [-0.4, -0.2) is 37.6 Å². The van der Waals surface area contributed by atoms with Gasteiger partial charge in [0, 0.05) is 23.9 Å². The zero-order valence-electron chi connectivity index (χ0n) is 16.3. The molecule has 1 spiro atoms. The van der Waals surface area contributed by atoms with Gasteiger partial charge in [0.25, 0.3) is 5.91 Å². The zero-order valence-corrected chi connectivity index (χ0v) is 16.3. The highest BCUT2D eigenvalue weighted by Gasteiger charge is 2.52. The summed E-state index contributed by atoms with van der Waals surface area (Å²) in [5.74, 6) is -0.534. The summed E-state index contributed by atoms with van der Waals surface area (Å²) >= 11 is 0. The van der Waals surface area contributed by atoms with Gasteiger partial charge in [-0.15, -0.1) is 0 Å². The summed E-state index contributed by atoms with van der Waals surface area (Å²) in [6.07, 6.45) is 2.51. The van der Waals surface area contributed by atoms with Crippen LogP contribution < -0.4 is 16.1 Å². The fourth-order valence-corrected chi connectivity index (χ4v) is 3.29. The summed E-state index contributed by atoms with van der Waals surface area (Å²) in [5.41, 5.74) is 5.51. The van der Waals surface area contributed by atoms with E-state index in [4.69, 9.17) is 5.11 Å². The number of benzene rings is 2. The minimum absolute atomic E-state index is 0.0703. The van der Waals surface area contributed by atoms with Gasteiger partial charge >= 0.3 is 0 Å². The number of carbonyl (C=O) groups is 2. The number of aryl methyl sites for hydroxylation is 1. The molecule has 0 saturated heterocycles. The van der Waals surface area contributed by atoms with Crippen LogP contribution in [0.15, 0.2) is 30.3 Å². The smallest absolute Gasteiger partial charge is 0.252 e. The van der Waals surface area contributed by atoms with Crippen LogP contribution in [0.4, 0.5) is 15.8 Å². The van der Waals surface area contributed by atoms with Gasteiger partial charge in [0.2, 0.25) is 0 Å². The second-order valence-electron chi connectivity index (χ2n) is 7.02. The van der Waals surface area contributed by atoms with Crippen LogP contribution >= 0.6 is 0 Å². The number of carbonyl (C=O) groups excluding carboxylic acids is 2. The largest absolute Gasteiger partial charge is 0.394 e. The molecule has 0 aromatic heterocycles. The summed E-state index contributed by atoms with van der Waals surface area (Å²) in [5, 5.41) is 13.9. The predicted octanol–water partition coefficient (Wildman–Crippen LogP) is 2.55. The van der Waals surface area contributed by atoms with Crippen molar-refractivity contribution in [1.82, 2.24) is 10.8 Å². The Bertz CT molecular complexity index is 924. The number of hydrogen-bond donors (Lipinski definition) is 4. The van der Waals surface area contributed by atoms with Gasteiger partial charge in [-0.05, 0) is 55.2 Å².